The minimum Gasteiger partial charge on any atom is -0.508 e. The van der Waals surface area contributed by atoms with E-state index in [1.807, 2.05) is 0 Å². The minimum absolute atomic E-state index is 0.0954. The lowest BCUT2D eigenvalue weighted by Crippen LogP contribution is -2.38. The molecule has 0 aliphatic heterocycles. The van der Waals surface area contributed by atoms with Crippen molar-refractivity contribution in [3.05, 3.63) is 23.8 Å². The fraction of sp³-hybridized carbons (Fsp3) is 0.571. The summed E-state index contributed by atoms with van der Waals surface area (Å²) in [6.07, 6.45) is 2.64. The van der Waals surface area contributed by atoms with Crippen molar-refractivity contribution in [1.82, 2.24) is 10.2 Å². The maximum absolute atomic E-state index is 9.65. The summed E-state index contributed by atoms with van der Waals surface area (Å²) in [6.45, 7) is 3.73. The van der Waals surface area contributed by atoms with E-state index in [0.29, 0.717) is 12.6 Å². The van der Waals surface area contributed by atoms with Crippen molar-refractivity contribution >= 4 is 0 Å². The van der Waals surface area contributed by atoms with E-state index in [4.69, 9.17) is 0 Å². The van der Waals surface area contributed by atoms with Crippen molar-refractivity contribution in [1.29, 1.82) is 0 Å². The first-order valence-electron chi connectivity index (χ1n) is 6.51. The minimum atomic E-state index is 0.0954. The van der Waals surface area contributed by atoms with Crippen molar-refractivity contribution in [2.24, 2.45) is 0 Å². The van der Waals surface area contributed by atoms with Gasteiger partial charge in [-0.1, -0.05) is 6.07 Å². The predicted octanol–water partition coefficient (Wildman–Crippen LogP) is 1.67. The molecular formula is C14H22N2O2. The molecule has 4 heteroatoms. The quantitative estimate of drug-likeness (QED) is 0.719. The normalized spacial score (nSPS) is 17.1. The molecule has 3 N–H and O–H groups in total. The lowest BCUT2D eigenvalue weighted by atomic mass is 10.2. The number of hydrogen-bond acceptors (Lipinski definition) is 4. The SMILES string of the molecule is CC(CNCc1ccc(O)cc1O)N(C)C1CC1. The average molecular weight is 250 g/mol. The Hall–Kier alpha value is -1.26. The molecule has 0 spiro atoms. The number of rotatable bonds is 6. The van der Waals surface area contributed by atoms with Gasteiger partial charge in [0.25, 0.3) is 0 Å². The smallest absolute Gasteiger partial charge is 0.123 e. The largest absolute Gasteiger partial charge is 0.508 e. The third kappa shape index (κ3) is 3.37. The monoisotopic (exact) mass is 250 g/mol. The molecule has 0 amide bonds. The van der Waals surface area contributed by atoms with Crippen molar-refractivity contribution < 1.29 is 10.2 Å². The van der Waals surface area contributed by atoms with Crippen molar-refractivity contribution in [3.8, 4) is 11.5 Å². The maximum atomic E-state index is 9.65. The average Bonchev–Trinajstić information content (AvgIpc) is 3.15. The molecule has 2 rings (SSSR count). The van der Waals surface area contributed by atoms with Gasteiger partial charge in [0.05, 0.1) is 0 Å². The molecule has 1 saturated carbocycles. The number of nitrogens with one attached hydrogen (secondary N) is 1. The van der Waals surface area contributed by atoms with E-state index in [1.54, 1.807) is 12.1 Å². The lowest BCUT2D eigenvalue weighted by Gasteiger charge is -2.24. The van der Waals surface area contributed by atoms with Gasteiger partial charge < -0.3 is 15.5 Å². The summed E-state index contributed by atoms with van der Waals surface area (Å²) in [5.74, 6) is 0.240. The van der Waals surface area contributed by atoms with Gasteiger partial charge in [0.2, 0.25) is 0 Å². The van der Waals surface area contributed by atoms with Crippen molar-refractivity contribution in [2.45, 2.75) is 38.4 Å². The second kappa shape index (κ2) is 5.59. The number of aromatic hydroxyl groups is 2. The van der Waals surface area contributed by atoms with E-state index in [0.717, 1.165) is 18.2 Å². The molecule has 1 aliphatic rings. The first-order valence-corrected chi connectivity index (χ1v) is 6.51. The number of phenols is 2. The zero-order chi connectivity index (χ0) is 13.1. The van der Waals surface area contributed by atoms with Crippen molar-refractivity contribution in [3.63, 3.8) is 0 Å². The number of phenolic OH excluding ortho intramolecular Hbond substituents is 2. The van der Waals surface area contributed by atoms with Crippen LogP contribution in [0.2, 0.25) is 0 Å². The molecule has 0 saturated heterocycles. The molecule has 4 nitrogen and oxygen atoms in total. The first-order chi connectivity index (χ1) is 8.58. The highest BCUT2D eigenvalue weighted by molar-refractivity contribution is 5.38. The molecular weight excluding hydrogens is 228 g/mol. The summed E-state index contributed by atoms with van der Waals surface area (Å²) in [5, 5.41) is 22.2. The van der Waals surface area contributed by atoms with E-state index in [-0.39, 0.29) is 11.5 Å². The molecule has 0 aromatic heterocycles. The summed E-state index contributed by atoms with van der Waals surface area (Å²) in [5.41, 5.74) is 0.814. The number of nitrogens with zero attached hydrogens (tertiary/aromatic N) is 1. The summed E-state index contributed by atoms with van der Waals surface area (Å²) >= 11 is 0. The van der Waals surface area contributed by atoms with Gasteiger partial charge in [0.15, 0.2) is 0 Å². The Labute approximate surface area is 108 Å². The highest BCUT2D eigenvalue weighted by Gasteiger charge is 2.28. The van der Waals surface area contributed by atoms with Gasteiger partial charge in [-0.3, -0.25) is 4.90 Å². The Morgan fingerprint density at radius 3 is 2.72 bits per heavy atom. The highest BCUT2D eigenvalue weighted by atomic mass is 16.3. The Morgan fingerprint density at radius 1 is 1.39 bits per heavy atom. The van der Waals surface area contributed by atoms with E-state index in [1.165, 1.54) is 18.9 Å². The van der Waals surface area contributed by atoms with Gasteiger partial charge in [-0.2, -0.15) is 0 Å². The van der Waals surface area contributed by atoms with Gasteiger partial charge in [-0.15, -0.1) is 0 Å². The van der Waals surface area contributed by atoms with E-state index in [2.05, 4.69) is 24.2 Å². The van der Waals surface area contributed by atoms with E-state index < -0.39 is 0 Å². The fourth-order valence-electron chi connectivity index (χ4n) is 2.10. The Bertz CT molecular complexity index is 405. The molecule has 1 aromatic carbocycles. The molecule has 0 radical (unpaired) electrons. The number of benzene rings is 1. The van der Waals surface area contributed by atoms with Crippen LogP contribution in [0, 0.1) is 0 Å². The molecule has 1 fully saturated rings. The maximum Gasteiger partial charge on any atom is 0.123 e. The van der Waals surface area contributed by atoms with Crippen molar-refractivity contribution in [2.75, 3.05) is 13.6 Å². The topological polar surface area (TPSA) is 55.7 Å². The summed E-state index contributed by atoms with van der Waals surface area (Å²) in [7, 11) is 2.17. The summed E-state index contributed by atoms with van der Waals surface area (Å²) in [4.78, 5) is 2.41. The molecule has 0 heterocycles. The van der Waals surface area contributed by atoms with Crippen LogP contribution in [0.3, 0.4) is 0 Å². The Balaban J connectivity index is 1.77. The van der Waals surface area contributed by atoms with Crippen LogP contribution < -0.4 is 5.32 Å². The van der Waals surface area contributed by atoms with Crippen LogP contribution in [0.4, 0.5) is 0 Å². The Morgan fingerprint density at radius 2 is 2.11 bits per heavy atom. The summed E-state index contributed by atoms with van der Waals surface area (Å²) < 4.78 is 0. The van der Waals surface area contributed by atoms with Crippen LogP contribution in [-0.2, 0) is 6.54 Å². The van der Waals surface area contributed by atoms with Gasteiger partial charge in [0.1, 0.15) is 11.5 Å². The Kier molecular flexibility index (Phi) is 4.09. The fourth-order valence-corrected chi connectivity index (χ4v) is 2.10. The van der Waals surface area contributed by atoms with Gasteiger partial charge in [0, 0.05) is 36.8 Å². The molecule has 1 unspecified atom stereocenters. The van der Waals surface area contributed by atoms with Crippen LogP contribution >= 0.6 is 0 Å². The van der Waals surface area contributed by atoms with Gasteiger partial charge >= 0.3 is 0 Å². The van der Waals surface area contributed by atoms with Crippen LogP contribution in [0.15, 0.2) is 18.2 Å². The predicted molar refractivity (Wildman–Crippen MR) is 71.7 cm³/mol. The van der Waals surface area contributed by atoms with E-state index >= 15 is 0 Å². The molecule has 100 valence electrons. The molecule has 18 heavy (non-hydrogen) atoms. The van der Waals surface area contributed by atoms with Crippen LogP contribution in [0.5, 0.6) is 11.5 Å². The van der Waals surface area contributed by atoms with Crippen LogP contribution in [-0.4, -0.2) is 40.8 Å². The van der Waals surface area contributed by atoms with Gasteiger partial charge in [-0.25, -0.2) is 0 Å². The van der Waals surface area contributed by atoms with Gasteiger partial charge in [-0.05, 0) is 32.9 Å². The second-order valence-corrected chi connectivity index (χ2v) is 5.19. The summed E-state index contributed by atoms with van der Waals surface area (Å²) in [6, 6.07) is 5.97. The highest BCUT2D eigenvalue weighted by Crippen LogP contribution is 2.27. The second-order valence-electron chi connectivity index (χ2n) is 5.19. The number of likely N-dealkylation sites (N-methyl/N-ethyl adjacent to an activating group) is 1. The molecule has 1 aliphatic carbocycles. The number of hydrogen-bond donors (Lipinski definition) is 3. The first kappa shape index (κ1) is 13.2. The standard InChI is InChI=1S/C14H22N2O2/c1-10(16(2)12-4-5-12)8-15-9-11-3-6-13(17)7-14(11)18/h3,6-7,10,12,15,17-18H,4-5,8-9H2,1-2H3. The van der Waals surface area contributed by atoms with Crippen LogP contribution in [0.1, 0.15) is 25.3 Å². The zero-order valence-corrected chi connectivity index (χ0v) is 11.1. The lowest BCUT2D eigenvalue weighted by molar-refractivity contribution is 0.241. The van der Waals surface area contributed by atoms with E-state index in [9.17, 15) is 10.2 Å². The third-order valence-electron chi connectivity index (χ3n) is 3.64. The zero-order valence-electron chi connectivity index (χ0n) is 11.1. The molecule has 1 atom stereocenters. The third-order valence-corrected chi connectivity index (χ3v) is 3.64. The molecule has 1 aromatic rings. The van der Waals surface area contributed by atoms with Crippen LogP contribution in [0.25, 0.3) is 0 Å². The molecule has 0 bridgehead atoms.